The Bertz CT molecular complexity index is 1130. The van der Waals surface area contributed by atoms with Crippen LogP contribution in [0.15, 0.2) is 53.9 Å². The fraction of sp³-hybridized carbons (Fsp3) is 0.190. The van der Waals surface area contributed by atoms with Crippen LogP contribution < -0.4 is 10.2 Å². The Balaban J connectivity index is 1.44. The van der Waals surface area contributed by atoms with Crippen molar-refractivity contribution in [2.24, 2.45) is 5.92 Å². The standard InChI is InChI=1S/C21H18N4O4S/c1-13-5-7-16(8-6-13)24-11-15(10-19(24)26)20(27)23-21-22-18(12-30-21)14-3-2-4-17(9-14)25(28)29/h2-9,12,15H,10-11H2,1H3,(H,22,23,27). The van der Waals surface area contributed by atoms with Crippen molar-refractivity contribution in [3.63, 3.8) is 0 Å². The number of anilines is 2. The third-order valence-electron chi connectivity index (χ3n) is 4.93. The zero-order valence-electron chi connectivity index (χ0n) is 16.1. The van der Waals surface area contributed by atoms with Crippen LogP contribution in [0.2, 0.25) is 0 Å². The highest BCUT2D eigenvalue weighted by atomic mass is 32.1. The summed E-state index contributed by atoms with van der Waals surface area (Å²) in [6, 6.07) is 13.8. The van der Waals surface area contributed by atoms with Crippen LogP contribution in [0.4, 0.5) is 16.5 Å². The number of nitrogens with one attached hydrogen (secondary N) is 1. The second kappa shape index (κ2) is 8.03. The molecule has 1 N–H and O–H groups in total. The predicted molar refractivity (Wildman–Crippen MR) is 114 cm³/mol. The summed E-state index contributed by atoms with van der Waals surface area (Å²) in [6.07, 6.45) is 0.142. The lowest BCUT2D eigenvalue weighted by atomic mass is 10.1. The number of nitrogens with zero attached hydrogens (tertiary/aromatic N) is 3. The topological polar surface area (TPSA) is 105 Å². The van der Waals surface area contributed by atoms with Crippen LogP contribution in [-0.4, -0.2) is 28.3 Å². The zero-order valence-corrected chi connectivity index (χ0v) is 16.9. The van der Waals surface area contributed by atoms with E-state index in [0.717, 1.165) is 11.3 Å². The number of hydrogen-bond acceptors (Lipinski definition) is 6. The maximum absolute atomic E-state index is 12.7. The predicted octanol–water partition coefficient (Wildman–Crippen LogP) is 4.02. The molecule has 4 rings (SSSR count). The van der Waals surface area contributed by atoms with Gasteiger partial charge in [0.25, 0.3) is 5.69 Å². The highest BCUT2D eigenvalue weighted by Gasteiger charge is 2.35. The smallest absolute Gasteiger partial charge is 0.270 e. The molecule has 2 aromatic carbocycles. The van der Waals surface area contributed by atoms with Crippen molar-refractivity contribution in [2.45, 2.75) is 13.3 Å². The summed E-state index contributed by atoms with van der Waals surface area (Å²) in [5, 5.41) is 15.8. The van der Waals surface area contributed by atoms with E-state index in [-0.39, 0.29) is 23.9 Å². The Hall–Kier alpha value is -3.59. The Labute approximate surface area is 176 Å². The van der Waals surface area contributed by atoms with Crippen LogP contribution in [0.5, 0.6) is 0 Å². The quantitative estimate of drug-likeness (QED) is 0.494. The number of amides is 2. The van der Waals surface area contributed by atoms with Gasteiger partial charge in [-0.2, -0.15) is 0 Å². The normalized spacial score (nSPS) is 16.0. The van der Waals surface area contributed by atoms with Crippen molar-refractivity contribution in [3.8, 4) is 11.3 Å². The van der Waals surface area contributed by atoms with Gasteiger partial charge in [-0.15, -0.1) is 11.3 Å². The van der Waals surface area contributed by atoms with Crippen molar-refractivity contribution >= 4 is 39.7 Å². The third-order valence-corrected chi connectivity index (χ3v) is 5.69. The zero-order chi connectivity index (χ0) is 21.3. The SMILES string of the molecule is Cc1ccc(N2CC(C(=O)Nc3nc(-c4cccc([N+](=O)[O-])c4)cs3)CC2=O)cc1. The first-order chi connectivity index (χ1) is 14.4. The Morgan fingerprint density at radius 2 is 2.03 bits per heavy atom. The number of carbonyl (C=O) groups is 2. The molecule has 8 nitrogen and oxygen atoms in total. The van der Waals surface area contributed by atoms with E-state index < -0.39 is 10.8 Å². The monoisotopic (exact) mass is 422 g/mol. The van der Waals surface area contributed by atoms with Gasteiger partial charge in [-0.25, -0.2) is 4.98 Å². The van der Waals surface area contributed by atoms with Crippen LogP contribution in [0, 0.1) is 23.0 Å². The summed E-state index contributed by atoms with van der Waals surface area (Å²) in [4.78, 5) is 41.5. The van der Waals surface area contributed by atoms with Gasteiger partial charge < -0.3 is 10.2 Å². The Morgan fingerprint density at radius 1 is 1.27 bits per heavy atom. The number of aromatic nitrogens is 1. The molecule has 1 fully saturated rings. The molecule has 1 atom stereocenters. The highest BCUT2D eigenvalue weighted by molar-refractivity contribution is 7.14. The summed E-state index contributed by atoms with van der Waals surface area (Å²) in [7, 11) is 0. The minimum atomic E-state index is -0.469. The minimum absolute atomic E-state index is 0.0215. The number of non-ortho nitro benzene ring substituents is 1. The van der Waals surface area contributed by atoms with Crippen molar-refractivity contribution in [3.05, 3.63) is 69.6 Å². The number of carbonyl (C=O) groups excluding carboxylic acids is 2. The van der Waals surface area contributed by atoms with Crippen LogP contribution >= 0.6 is 11.3 Å². The molecule has 0 radical (unpaired) electrons. The van der Waals surface area contributed by atoms with E-state index in [9.17, 15) is 19.7 Å². The van der Waals surface area contributed by atoms with Gasteiger partial charge in [0, 0.05) is 41.7 Å². The van der Waals surface area contributed by atoms with Gasteiger partial charge in [-0.3, -0.25) is 19.7 Å². The Kier molecular flexibility index (Phi) is 5.28. The van der Waals surface area contributed by atoms with E-state index in [1.54, 1.807) is 22.4 Å². The summed E-state index contributed by atoms with van der Waals surface area (Å²) in [6.45, 7) is 2.29. The number of rotatable bonds is 5. The van der Waals surface area contributed by atoms with Crippen LogP contribution in [0.3, 0.4) is 0 Å². The third kappa shape index (κ3) is 4.06. The lowest BCUT2D eigenvalue weighted by Gasteiger charge is -2.16. The fourth-order valence-corrected chi connectivity index (χ4v) is 4.03. The van der Waals surface area contributed by atoms with Crippen LogP contribution in [-0.2, 0) is 9.59 Å². The molecule has 0 bridgehead atoms. The first-order valence-corrected chi connectivity index (χ1v) is 10.2. The summed E-state index contributed by atoms with van der Waals surface area (Å²) >= 11 is 1.23. The van der Waals surface area contributed by atoms with Crippen LogP contribution in [0.1, 0.15) is 12.0 Å². The van der Waals surface area contributed by atoms with Crippen molar-refractivity contribution < 1.29 is 14.5 Å². The fourth-order valence-electron chi connectivity index (χ4n) is 3.31. The molecule has 152 valence electrons. The largest absolute Gasteiger partial charge is 0.312 e. The molecule has 1 aliphatic heterocycles. The average molecular weight is 422 g/mol. The summed E-state index contributed by atoms with van der Waals surface area (Å²) < 4.78 is 0. The molecule has 30 heavy (non-hydrogen) atoms. The summed E-state index contributed by atoms with van der Waals surface area (Å²) in [5.74, 6) is -0.822. The average Bonchev–Trinajstić information content (AvgIpc) is 3.35. The number of thiazole rings is 1. The van der Waals surface area contributed by atoms with Gasteiger partial charge in [-0.1, -0.05) is 29.8 Å². The van der Waals surface area contributed by atoms with E-state index in [0.29, 0.717) is 22.9 Å². The number of nitro groups is 1. The molecule has 3 aromatic rings. The molecule has 1 saturated heterocycles. The van der Waals surface area contributed by atoms with Gasteiger partial charge in [0.15, 0.2) is 5.13 Å². The lowest BCUT2D eigenvalue weighted by Crippen LogP contribution is -2.28. The molecular formula is C21H18N4O4S. The molecular weight excluding hydrogens is 404 g/mol. The minimum Gasteiger partial charge on any atom is -0.312 e. The van der Waals surface area contributed by atoms with E-state index in [1.807, 2.05) is 31.2 Å². The molecule has 1 unspecified atom stereocenters. The molecule has 1 aliphatic rings. The van der Waals surface area contributed by atoms with Crippen molar-refractivity contribution in [2.75, 3.05) is 16.8 Å². The highest BCUT2D eigenvalue weighted by Crippen LogP contribution is 2.29. The van der Waals surface area contributed by atoms with E-state index in [2.05, 4.69) is 10.3 Å². The number of aryl methyl sites for hydroxylation is 1. The van der Waals surface area contributed by atoms with Gasteiger partial charge >= 0.3 is 0 Å². The molecule has 0 spiro atoms. The van der Waals surface area contributed by atoms with Crippen LogP contribution in [0.25, 0.3) is 11.3 Å². The molecule has 1 aromatic heterocycles. The van der Waals surface area contributed by atoms with E-state index in [4.69, 9.17) is 0 Å². The molecule has 0 saturated carbocycles. The van der Waals surface area contributed by atoms with Gasteiger partial charge in [0.05, 0.1) is 16.5 Å². The second-order valence-electron chi connectivity index (χ2n) is 7.08. The van der Waals surface area contributed by atoms with E-state index in [1.165, 1.54) is 23.5 Å². The molecule has 2 heterocycles. The first kappa shape index (κ1) is 19.7. The van der Waals surface area contributed by atoms with E-state index >= 15 is 0 Å². The Morgan fingerprint density at radius 3 is 2.77 bits per heavy atom. The number of hydrogen-bond donors (Lipinski definition) is 1. The number of benzene rings is 2. The van der Waals surface area contributed by atoms with Gasteiger partial charge in [0.1, 0.15) is 0 Å². The maximum atomic E-state index is 12.7. The first-order valence-electron chi connectivity index (χ1n) is 9.29. The lowest BCUT2D eigenvalue weighted by molar-refractivity contribution is -0.384. The van der Waals surface area contributed by atoms with Crippen molar-refractivity contribution in [1.82, 2.24) is 4.98 Å². The van der Waals surface area contributed by atoms with Gasteiger partial charge in [0.2, 0.25) is 11.8 Å². The van der Waals surface area contributed by atoms with Crippen molar-refractivity contribution in [1.29, 1.82) is 0 Å². The molecule has 0 aliphatic carbocycles. The van der Waals surface area contributed by atoms with Gasteiger partial charge in [-0.05, 0) is 19.1 Å². The maximum Gasteiger partial charge on any atom is 0.270 e. The second-order valence-corrected chi connectivity index (χ2v) is 7.93. The number of nitro benzene ring substituents is 1. The molecule has 2 amide bonds. The molecule has 9 heteroatoms. The summed E-state index contributed by atoms with van der Waals surface area (Å²) in [5.41, 5.74) is 3.00.